The summed E-state index contributed by atoms with van der Waals surface area (Å²) in [6, 6.07) is 15.6. The number of aromatic nitrogens is 2. The van der Waals surface area contributed by atoms with Gasteiger partial charge in [0.2, 0.25) is 0 Å². The summed E-state index contributed by atoms with van der Waals surface area (Å²) in [7, 11) is 0. The SMILES string of the molecule is OCc1cc2ccccc2nc1Sc1ccccn1. The standard InChI is InChI=1S/C15H12N2OS/c18-10-12-9-11-5-1-2-6-13(11)17-15(12)19-14-7-3-4-8-16-14/h1-9,18H,10H2. The van der Waals surface area contributed by atoms with E-state index in [1.807, 2.05) is 48.5 Å². The second-order valence-electron chi connectivity index (χ2n) is 4.07. The molecule has 0 aliphatic heterocycles. The highest BCUT2D eigenvalue weighted by molar-refractivity contribution is 7.99. The molecule has 3 nitrogen and oxygen atoms in total. The summed E-state index contributed by atoms with van der Waals surface area (Å²) in [6.07, 6.45) is 1.75. The van der Waals surface area contributed by atoms with Gasteiger partial charge in [0.05, 0.1) is 12.1 Å². The molecule has 0 amide bonds. The first-order valence-electron chi connectivity index (χ1n) is 5.95. The first-order chi connectivity index (χ1) is 9.36. The lowest BCUT2D eigenvalue weighted by Crippen LogP contribution is -1.93. The summed E-state index contributed by atoms with van der Waals surface area (Å²) in [6.45, 7) is -0.0208. The molecule has 2 heterocycles. The molecule has 1 N–H and O–H groups in total. The molecule has 3 rings (SSSR count). The molecule has 0 radical (unpaired) electrons. The van der Waals surface area contributed by atoms with Crippen LogP contribution in [0.2, 0.25) is 0 Å². The van der Waals surface area contributed by atoms with E-state index >= 15 is 0 Å². The molecule has 3 aromatic rings. The third-order valence-electron chi connectivity index (χ3n) is 2.77. The average Bonchev–Trinajstić information content (AvgIpc) is 2.47. The van der Waals surface area contributed by atoms with E-state index in [1.54, 1.807) is 6.20 Å². The van der Waals surface area contributed by atoms with Crippen molar-refractivity contribution in [1.82, 2.24) is 9.97 Å². The lowest BCUT2D eigenvalue weighted by atomic mass is 10.2. The maximum atomic E-state index is 9.48. The van der Waals surface area contributed by atoms with Crippen LogP contribution in [0.4, 0.5) is 0 Å². The van der Waals surface area contributed by atoms with Crippen molar-refractivity contribution in [3.63, 3.8) is 0 Å². The topological polar surface area (TPSA) is 46.0 Å². The predicted molar refractivity (Wildman–Crippen MR) is 76.0 cm³/mol. The number of aliphatic hydroxyl groups is 1. The summed E-state index contributed by atoms with van der Waals surface area (Å²) < 4.78 is 0. The molecule has 0 bridgehead atoms. The van der Waals surface area contributed by atoms with Crippen molar-refractivity contribution in [3.05, 3.63) is 60.3 Å². The molecule has 4 heteroatoms. The number of aliphatic hydroxyl groups excluding tert-OH is 1. The number of pyridine rings is 2. The number of hydrogen-bond acceptors (Lipinski definition) is 4. The lowest BCUT2D eigenvalue weighted by molar-refractivity contribution is 0.278. The summed E-state index contributed by atoms with van der Waals surface area (Å²) in [5.74, 6) is 0. The van der Waals surface area contributed by atoms with Gasteiger partial charge >= 0.3 is 0 Å². The number of rotatable bonds is 3. The van der Waals surface area contributed by atoms with Gasteiger partial charge < -0.3 is 5.11 Å². The van der Waals surface area contributed by atoms with Crippen LogP contribution in [0.1, 0.15) is 5.56 Å². The van der Waals surface area contributed by atoms with Gasteiger partial charge in [-0.3, -0.25) is 0 Å². The van der Waals surface area contributed by atoms with Crippen molar-refractivity contribution < 1.29 is 5.11 Å². The summed E-state index contributed by atoms with van der Waals surface area (Å²) in [4.78, 5) is 8.88. The molecule has 0 atom stereocenters. The van der Waals surface area contributed by atoms with Crippen LogP contribution in [0.5, 0.6) is 0 Å². The van der Waals surface area contributed by atoms with Crippen LogP contribution in [0.25, 0.3) is 10.9 Å². The van der Waals surface area contributed by atoms with E-state index < -0.39 is 0 Å². The fourth-order valence-corrected chi connectivity index (χ4v) is 2.71. The van der Waals surface area contributed by atoms with Gasteiger partial charge in [-0.1, -0.05) is 24.3 Å². The fourth-order valence-electron chi connectivity index (χ4n) is 1.85. The lowest BCUT2D eigenvalue weighted by Gasteiger charge is -2.07. The van der Waals surface area contributed by atoms with Gasteiger partial charge in [-0.25, -0.2) is 9.97 Å². The van der Waals surface area contributed by atoms with E-state index in [0.29, 0.717) is 0 Å². The molecule has 0 saturated carbocycles. The molecule has 0 aliphatic carbocycles. The number of hydrogen-bond donors (Lipinski definition) is 1. The minimum atomic E-state index is -0.0208. The fraction of sp³-hybridized carbons (Fsp3) is 0.0667. The monoisotopic (exact) mass is 268 g/mol. The molecule has 1 aromatic carbocycles. The Morgan fingerprint density at radius 2 is 1.89 bits per heavy atom. The first-order valence-corrected chi connectivity index (χ1v) is 6.77. The van der Waals surface area contributed by atoms with Crippen molar-refractivity contribution >= 4 is 22.7 Å². The molecule has 0 fully saturated rings. The second-order valence-corrected chi connectivity index (χ2v) is 5.08. The van der Waals surface area contributed by atoms with Crippen molar-refractivity contribution in [2.45, 2.75) is 16.7 Å². The van der Waals surface area contributed by atoms with Gasteiger partial charge in [0.1, 0.15) is 10.1 Å². The molecule has 0 saturated heterocycles. The van der Waals surface area contributed by atoms with E-state index in [9.17, 15) is 5.11 Å². The number of fused-ring (bicyclic) bond motifs is 1. The Hall–Kier alpha value is -1.91. The van der Waals surface area contributed by atoms with Crippen LogP contribution < -0.4 is 0 Å². The van der Waals surface area contributed by atoms with E-state index in [4.69, 9.17) is 0 Å². The number of para-hydroxylation sites is 1. The Labute approximate surface area is 115 Å². The van der Waals surface area contributed by atoms with E-state index in [1.165, 1.54) is 11.8 Å². The van der Waals surface area contributed by atoms with Gasteiger partial charge in [-0.05, 0) is 36.0 Å². The molecule has 0 unspecified atom stereocenters. The maximum Gasteiger partial charge on any atom is 0.108 e. The van der Waals surface area contributed by atoms with Crippen LogP contribution in [0.3, 0.4) is 0 Å². The zero-order valence-electron chi connectivity index (χ0n) is 10.2. The number of nitrogens with zero attached hydrogens (tertiary/aromatic N) is 2. The normalized spacial score (nSPS) is 10.8. The zero-order valence-corrected chi connectivity index (χ0v) is 11.0. The Morgan fingerprint density at radius 1 is 1.05 bits per heavy atom. The quantitative estimate of drug-likeness (QED) is 0.792. The third kappa shape index (κ3) is 2.59. The Kier molecular flexibility index (Phi) is 3.44. The zero-order chi connectivity index (χ0) is 13.1. The smallest absolute Gasteiger partial charge is 0.108 e. The second kappa shape index (κ2) is 5.38. The van der Waals surface area contributed by atoms with Crippen LogP contribution in [0.15, 0.2) is 64.8 Å². The minimum absolute atomic E-state index is 0.0208. The van der Waals surface area contributed by atoms with Gasteiger partial charge in [0.15, 0.2) is 0 Å². The molecule has 94 valence electrons. The van der Waals surface area contributed by atoms with Gasteiger partial charge in [-0.15, -0.1) is 0 Å². The summed E-state index contributed by atoms with van der Waals surface area (Å²) >= 11 is 1.47. The van der Waals surface area contributed by atoms with E-state index in [0.717, 1.165) is 26.5 Å². The summed E-state index contributed by atoms with van der Waals surface area (Å²) in [5, 5.41) is 12.2. The number of benzene rings is 1. The highest BCUT2D eigenvalue weighted by atomic mass is 32.2. The highest BCUT2D eigenvalue weighted by Crippen LogP contribution is 2.29. The Balaban J connectivity index is 2.06. The van der Waals surface area contributed by atoms with Crippen molar-refractivity contribution in [1.29, 1.82) is 0 Å². The average molecular weight is 268 g/mol. The largest absolute Gasteiger partial charge is 0.392 e. The molecule has 2 aromatic heterocycles. The minimum Gasteiger partial charge on any atom is -0.392 e. The summed E-state index contributed by atoms with van der Waals surface area (Å²) in [5.41, 5.74) is 1.76. The third-order valence-corrected chi connectivity index (χ3v) is 3.77. The van der Waals surface area contributed by atoms with Crippen LogP contribution in [-0.2, 0) is 6.61 Å². The molecular formula is C15H12N2OS. The molecule has 0 spiro atoms. The van der Waals surface area contributed by atoms with Crippen molar-refractivity contribution in [2.24, 2.45) is 0 Å². The Morgan fingerprint density at radius 3 is 2.68 bits per heavy atom. The van der Waals surface area contributed by atoms with Gasteiger partial charge in [0, 0.05) is 17.1 Å². The van der Waals surface area contributed by atoms with Crippen LogP contribution in [-0.4, -0.2) is 15.1 Å². The first kappa shape index (κ1) is 12.1. The molecular weight excluding hydrogens is 256 g/mol. The molecule has 0 aliphatic rings. The van der Waals surface area contributed by atoms with Crippen LogP contribution in [0, 0.1) is 0 Å². The maximum absolute atomic E-state index is 9.48. The van der Waals surface area contributed by atoms with E-state index in [-0.39, 0.29) is 6.61 Å². The van der Waals surface area contributed by atoms with Gasteiger partial charge in [0.25, 0.3) is 0 Å². The van der Waals surface area contributed by atoms with Crippen molar-refractivity contribution in [3.8, 4) is 0 Å². The van der Waals surface area contributed by atoms with Gasteiger partial charge in [-0.2, -0.15) is 0 Å². The molecule has 19 heavy (non-hydrogen) atoms. The highest BCUT2D eigenvalue weighted by Gasteiger charge is 2.08. The predicted octanol–water partition coefficient (Wildman–Crippen LogP) is 3.27. The Bertz CT molecular complexity index is 701. The van der Waals surface area contributed by atoms with E-state index in [2.05, 4.69) is 9.97 Å². The van der Waals surface area contributed by atoms with Crippen LogP contribution >= 0.6 is 11.8 Å². The van der Waals surface area contributed by atoms with Crippen molar-refractivity contribution in [2.75, 3.05) is 0 Å².